The van der Waals surface area contributed by atoms with Crippen LogP contribution in [0.3, 0.4) is 0 Å². The zero-order chi connectivity index (χ0) is 10.8. The molecule has 2 rings (SSSR count). The van der Waals surface area contributed by atoms with E-state index in [1.165, 1.54) is 18.6 Å². The summed E-state index contributed by atoms with van der Waals surface area (Å²) in [5.74, 6) is -0.384. The number of halogens is 1. The minimum absolute atomic E-state index is 0.0859. The number of nitrogens with one attached hydrogen (secondary N) is 1. The van der Waals surface area contributed by atoms with Crippen molar-refractivity contribution in [3.63, 3.8) is 0 Å². The summed E-state index contributed by atoms with van der Waals surface area (Å²) in [6.45, 7) is 1.75. The molecule has 1 aromatic carbocycles. The highest BCUT2D eigenvalue weighted by atomic mass is 19.1. The minimum Gasteiger partial charge on any atom is -0.349 e. The summed E-state index contributed by atoms with van der Waals surface area (Å²) in [6.07, 6.45) is 3.31. The van der Waals surface area contributed by atoms with Crippen LogP contribution in [0.1, 0.15) is 35.2 Å². The Kier molecular flexibility index (Phi) is 2.71. The van der Waals surface area contributed by atoms with Crippen LogP contribution in [0.5, 0.6) is 0 Å². The Labute approximate surface area is 88.5 Å². The Morgan fingerprint density at radius 3 is 2.73 bits per heavy atom. The van der Waals surface area contributed by atoms with Gasteiger partial charge in [0, 0.05) is 11.6 Å². The molecule has 0 bridgehead atoms. The maximum absolute atomic E-state index is 12.8. The molecule has 0 heterocycles. The average Bonchev–Trinajstić information content (AvgIpc) is 2.11. The average molecular weight is 207 g/mol. The molecule has 0 saturated heterocycles. The molecule has 3 heteroatoms. The van der Waals surface area contributed by atoms with Crippen molar-refractivity contribution in [2.45, 2.75) is 32.2 Å². The number of amides is 1. The molecule has 1 aliphatic carbocycles. The van der Waals surface area contributed by atoms with E-state index in [-0.39, 0.29) is 11.7 Å². The lowest BCUT2D eigenvalue weighted by atomic mass is 9.92. The van der Waals surface area contributed by atoms with E-state index >= 15 is 0 Å². The van der Waals surface area contributed by atoms with Crippen LogP contribution in [0.4, 0.5) is 4.39 Å². The van der Waals surface area contributed by atoms with Gasteiger partial charge in [-0.1, -0.05) is 0 Å². The molecule has 2 nitrogen and oxygen atoms in total. The molecule has 1 aliphatic rings. The van der Waals surface area contributed by atoms with E-state index in [9.17, 15) is 9.18 Å². The molecule has 1 fully saturated rings. The smallest absolute Gasteiger partial charge is 0.251 e. The van der Waals surface area contributed by atoms with Gasteiger partial charge in [-0.2, -0.15) is 0 Å². The SMILES string of the molecule is Cc1cc(F)ccc1C(=O)NC1CCC1. The molecule has 1 saturated carbocycles. The van der Waals surface area contributed by atoms with Gasteiger partial charge in [-0.05, 0) is 49.9 Å². The summed E-state index contributed by atoms with van der Waals surface area (Å²) in [4.78, 5) is 11.7. The molecule has 0 radical (unpaired) electrons. The Morgan fingerprint density at radius 1 is 1.47 bits per heavy atom. The zero-order valence-corrected chi connectivity index (χ0v) is 8.72. The first-order valence-electron chi connectivity index (χ1n) is 5.24. The van der Waals surface area contributed by atoms with Gasteiger partial charge in [-0.25, -0.2) is 4.39 Å². The van der Waals surface area contributed by atoms with E-state index in [1.807, 2.05) is 0 Å². The van der Waals surface area contributed by atoms with Crippen LogP contribution in [0, 0.1) is 12.7 Å². The van der Waals surface area contributed by atoms with Gasteiger partial charge >= 0.3 is 0 Å². The predicted octanol–water partition coefficient (Wildman–Crippen LogP) is 2.42. The number of carbonyl (C=O) groups is 1. The Hall–Kier alpha value is -1.38. The maximum Gasteiger partial charge on any atom is 0.251 e. The Balaban J connectivity index is 2.10. The van der Waals surface area contributed by atoms with Crippen molar-refractivity contribution in [1.29, 1.82) is 0 Å². The van der Waals surface area contributed by atoms with Gasteiger partial charge in [0.1, 0.15) is 5.82 Å². The third kappa shape index (κ3) is 2.17. The number of hydrogen-bond donors (Lipinski definition) is 1. The third-order valence-electron chi connectivity index (χ3n) is 2.87. The second-order valence-corrected chi connectivity index (χ2v) is 4.06. The number of hydrogen-bond acceptors (Lipinski definition) is 1. The van der Waals surface area contributed by atoms with Crippen molar-refractivity contribution in [1.82, 2.24) is 5.32 Å². The maximum atomic E-state index is 12.8. The minimum atomic E-state index is -0.298. The van der Waals surface area contributed by atoms with E-state index in [4.69, 9.17) is 0 Å². The highest BCUT2D eigenvalue weighted by Gasteiger charge is 2.20. The highest BCUT2D eigenvalue weighted by molar-refractivity contribution is 5.95. The van der Waals surface area contributed by atoms with Crippen molar-refractivity contribution in [3.8, 4) is 0 Å². The molecule has 1 N–H and O–H groups in total. The molecule has 0 atom stereocenters. The lowest BCUT2D eigenvalue weighted by molar-refractivity contribution is 0.0916. The van der Waals surface area contributed by atoms with E-state index in [1.54, 1.807) is 13.0 Å². The number of benzene rings is 1. The van der Waals surface area contributed by atoms with Crippen LogP contribution >= 0.6 is 0 Å². The van der Waals surface area contributed by atoms with Gasteiger partial charge in [0.2, 0.25) is 0 Å². The van der Waals surface area contributed by atoms with Crippen molar-refractivity contribution in [2.75, 3.05) is 0 Å². The van der Waals surface area contributed by atoms with Crippen LogP contribution in [-0.2, 0) is 0 Å². The largest absolute Gasteiger partial charge is 0.349 e. The summed E-state index contributed by atoms with van der Waals surface area (Å²) < 4.78 is 12.8. The lowest BCUT2D eigenvalue weighted by Gasteiger charge is -2.26. The molecule has 1 aromatic rings. The predicted molar refractivity (Wildman–Crippen MR) is 56.2 cm³/mol. The van der Waals surface area contributed by atoms with Gasteiger partial charge in [-0.15, -0.1) is 0 Å². The monoisotopic (exact) mass is 207 g/mol. The summed E-state index contributed by atoms with van der Waals surface area (Å²) in [6, 6.07) is 4.57. The van der Waals surface area contributed by atoms with Crippen molar-refractivity contribution < 1.29 is 9.18 Å². The normalized spacial score (nSPS) is 15.9. The summed E-state index contributed by atoms with van der Waals surface area (Å²) in [7, 11) is 0. The quantitative estimate of drug-likeness (QED) is 0.792. The van der Waals surface area contributed by atoms with Gasteiger partial charge in [0.15, 0.2) is 0 Å². The van der Waals surface area contributed by atoms with Crippen LogP contribution in [0.15, 0.2) is 18.2 Å². The van der Waals surface area contributed by atoms with Crippen LogP contribution in [-0.4, -0.2) is 11.9 Å². The molecule has 0 spiro atoms. The molecule has 0 unspecified atom stereocenters. The summed E-state index contributed by atoms with van der Waals surface area (Å²) >= 11 is 0. The second-order valence-electron chi connectivity index (χ2n) is 4.06. The molecule has 0 aliphatic heterocycles. The topological polar surface area (TPSA) is 29.1 Å². The molecule has 80 valence electrons. The number of aryl methyl sites for hydroxylation is 1. The van der Waals surface area contributed by atoms with Crippen molar-refractivity contribution in [3.05, 3.63) is 35.1 Å². The third-order valence-corrected chi connectivity index (χ3v) is 2.87. The standard InChI is InChI=1S/C12H14FNO/c1-8-7-9(13)5-6-11(8)12(15)14-10-3-2-4-10/h5-7,10H,2-4H2,1H3,(H,14,15). The Bertz CT molecular complexity index is 385. The molecular weight excluding hydrogens is 193 g/mol. The van der Waals surface area contributed by atoms with Gasteiger partial charge in [0.25, 0.3) is 5.91 Å². The number of rotatable bonds is 2. The molecule has 1 amide bonds. The first-order valence-corrected chi connectivity index (χ1v) is 5.24. The highest BCUT2D eigenvalue weighted by Crippen LogP contribution is 2.19. The molecule has 15 heavy (non-hydrogen) atoms. The first-order chi connectivity index (χ1) is 7.16. The molecular formula is C12H14FNO. The van der Waals surface area contributed by atoms with Crippen LogP contribution < -0.4 is 5.32 Å². The summed E-state index contributed by atoms with van der Waals surface area (Å²) in [5, 5.41) is 2.93. The van der Waals surface area contributed by atoms with Crippen molar-refractivity contribution in [2.24, 2.45) is 0 Å². The van der Waals surface area contributed by atoms with E-state index < -0.39 is 0 Å². The van der Waals surface area contributed by atoms with E-state index in [0.717, 1.165) is 12.8 Å². The first kappa shape index (κ1) is 10.1. The number of carbonyl (C=O) groups excluding carboxylic acids is 1. The fourth-order valence-corrected chi connectivity index (χ4v) is 1.70. The molecule has 0 aromatic heterocycles. The van der Waals surface area contributed by atoms with Gasteiger partial charge in [-0.3, -0.25) is 4.79 Å². The van der Waals surface area contributed by atoms with Crippen LogP contribution in [0.2, 0.25) is 0 Å². The second kappa shape index (κ2) is 4.01. The fourth-order valence-electron chi connectivity index (χ4n) is 1.70. The summed E-state index contributed by atoms with van der Waals surface area (Å²) in [5.41, 5.74) is 1.26. The zero-order valence-electron chi connectivity index (χ0n) is 8.72. The van der Waals surface area contributed by atoms with Crippen molar-refractivity contribution >= 4 is 5.91 Å². The Morgan fingerprint density at radius 2 is 2.20 bits per heavy atom. The lowest BCUT2D eigenvalue weighted by Crippen LogP contribution is -2.39. The fraction of sp³-hybridized carbons (Fsp3) is 0.417. The van der Waals surface area contributed by atoms with E-state index in [2.05, 4.69) is 5.32 Å². The van der Waals surface area contributed by atoms with Gasteiger partial charge < -0.3 is 5.32 Å². The van der Waals surface area contributed by atoms with Crippen LogP contribution in [0.25, 0.3) is 0 Å². The van der Waals surface area contributed by atoms with Gasteiger partial charge in [0.05, 0.1) is 0 Å². The van der Waals surface area contributed by atoms with E-state index in [0.29, 0.717) is 17.2 Å².